The minimum absolute atomic E-state index is 0.0577. The third kappa shape index (κ3) is 2.57. The average Bonchev–Trinajstić information content (AvgIpc) is 3.06. The van der Waals surface area contributed by atoms with Crippen molar-refractivity contribution < 1.29 is 31.5 Å². The number of carbonyl (C=O) groups is 2. The molecular weight excluding hydrogens is 334 g/mol. The van der Waals surface area contributed by atoms with Crippen LogP contribution in [-0.2, 0) is 19.6 Å². The zero-order valence-corrected chi connectivity index (χ0v) is 12.6. The maximum Gasteiger partial charge on any atom is 0.417 e. The smallest absolute Gasteiger partial charge is 0.417 e. The second-order valence-electron chi connectivity index (χ2n) is 5.17. The van der Waals surface area contributed by atoms with E-state index < -0.39 is 44.6 Å². The van der Waals surface area contributed by atoms with E-state index in [-0.39, 0.29) is 26.1 Å². The Balaban J connectivity index is 1.86. The van der Waals surface area contributed by atoms with Crippen LogP contribution in [0.3, 0.4) is 0 Å². The summed E-state index contributed by atoms with van der Waals surface area (Å²) in [4.78, 5) is 22.9. The van der Waals surface area contributed by atoms with Crippen molar-refractivity contribution in [3.05, 3.63) is 29.8 Å². The molecule has 2 fully saturated rings. The zero-order chi connectivity index (χ0) is 16.8. The molecule has 1 unspecified atom stereocenters. The number of benzene rings is 1. The highest BCUT2D eigenvalue weighted by molar-refractivity contribution is 7.89. The van der Waals surface area contributed by atoms with Crippen LogP contribution in [0.5, 0.6) is 0 Å². The highest BCUT2D eigenvalue weighted by Gasteiger charge is 2.44. The number of sulfonamides is 1. The Morgan fingerprint density at radius 2 is 1.83 bits per heavy atom. The molecule has 10 heteroatoms. The Bertz CT molecular complexity index is 746. The lowest BCUT2D eigenvalue weighted by atomic mass is 10.2. The molecule has 3 rings (SSSR count). The molecule has 1 aromatic carbocycles. The highest BCUT2D eigenvalue weighted by Crippen LogP contribution is 2.28. The second kappa shape index (κ2) is 5.53. The van der Waals surface area contributed by atoms with E-state index in [9.17, 15) is 26.8 Å². The number of nitrogens with zero attached hydrogens (tertiary/aromatic N) is 2. The first kappa shape index (κ1) is 15.8. The van der Waals surface area contributed by atoms with Crippen LogP contribution in [0.15, 0.2) is 23.1 Å². The molecule has 1 aromatic rings. The van der Waals surface area contributed by atoms with Gasteiger partial charge in [0, 0.05) is 13.1 Å². The third-order valence-electron chi connectivity index (χ3n) is 3.79. The van der Waals surface area contributed by atoms with Crippen molar-refractivity contribution in [2.45, 2.75) is 17.4 Å². The topological polar surface area (TPSA) is 84.0 Å². The normalized spacial score (nSPS) is 22.7. The molecule has 2 amide bonds. The molecule has 0 bridgehead atoms. The van der Waals surface area contributed by atoms with Crippen LogP contribution in [0, 0.1) is 11.6 Å². The van der Waals surface area contributed by atoms with Gasteiger partial charge in [0.25, 0.3) is 5.91 Å². The molecule has 0 N–H and O–H groups in total. The molecule has 2 aliphatic heterocycles. The Morgan fingerprint density at radius 3 is 2.39 bits per heavy atom. The average molecular weight is 346 g/mol. The van der Waals surface area contributed by atoms with Gasteiger partial charge in [-0.25, -0.2) is 26.9 Å². The van der Waals surface area contributed by atoms with Crippen LogP contribution >= 0.6 is 0 Å². The summed E-state index contributed by atoms with van der Waals surface area (Å²) in [6.07, 6.45) is -0.660. The van der Waals surface area contributed by atoms with Crippen LogP contribution in [0.1, 0.15) is 6.42 Å². The standard InChI is InChI=1S/C13H12F2N2O5S/c14-9-2-1-3-10(15)12(9)23(20,21)16-5-4-8(6-16)17-11(18)7-22-13(17)19/h1-3,8H,4-7H2. The van der Waals surface area contributed by atoms with E-state index >= 15 is 0 Å². The van der Waals surface area contributed by atoms with E-state index in [0.717, 1.165) is 27.4 Å². The molecule has 0 aliphatic carbocycles. The molecule has 0 aromatic heterocycles. The molecule has 0 saturated carbocycles. The fourth-order valence-corrected chi connectivity index (χ4v) is 4.32. The van der Waals surface area contributed by atoms with Crippen LogP contribution in [0.4, 0.5) is 13.6 Å². The summed E-state index contributed by atoms with van der Waals surface area (Å²) in [5, 5.41) is 0. The maximum atomic E-state index is 13.7. The number of amides is 2. The summed E-state index contributed by atoms with van der Waals surface area (Å²) in [7, 11) is -4.40. The minimum Gasteiger partial charge on any atom is -0.439 e. The highest BCUT2D eigenvalue weighted by atomic mass is 32.2. The monoisotopic (exact) mass is 346 g/mol. The van der Waals surface area contributed by atoms with E-state index in [1.807, 2.05) is 0 Å². The van der Waals surface area contributed by atoms with Crippen molar-refractivity contribution >= 4 is 22.0 Å². The van der Waals surface area contributed by atoms with Gasteiger partial charge in [0.05, 0.1) is 6.04 Å². The quantitative estimate of drug-likeness (QED) is 0.805. The van der Waals surface area contributed by atoms with Gasteiger partial charge >= 0.3 is 6.09 Å². The second-order valence-corrected chi connectivity index (χ2v) is 7.05. The molecule has 2 saturated heterocycles. The predicted molar refractivity (Wildman–Crippen MR) is 71.7 cm³/mol. The van der Waals surface area contributed by atoms with Gasteiger partial charge in [-0.05, 0) is 18.6 Å². The van der Waals surface area contributed by atoms with Crippen molar-refractivity contribution in [2.24, 2.45) is 0 Å². The van der Waals surface area contributed by atoms with E-state index in [1.165, 1.54) is 0 Å². The van der Waals surface area contributed by atoms with Crippen molar-refractivity contribution in [3.8, 4) is 0 Å². The van der Waals surface area contributed by atoms with Gasteiger partial charge in [0.1, 0.15) is 11.6 Å². The number of carbonyl (C=O) groups excluding carboxylic acids is 2. The van der Waals surface area contributed by atoms with Crippen LogP contribution in [-0.4, -0.2) is 55.4 Å². The SMILES string of the molecule is O=C1COC(=O)N1C1CCN(S(=O)(=O)c2c(F)cccc2F)C1. The summed E-state index contributed by atoms with van der Waals surface area (Å²) >= 11 is 0. The number of halogens is 2. The number of rotatable bonds is 3. The lowest BCUT2D eigenvalue weighted by Crippen LogP contribution is -2.42. The van der Waals surface area contributed by atoms with Gasteiger partial charge < -0.3 is 4.74 Å². The number of imide groups is 1. The van der Waals surface area contributed by atoms with E-state index in [1.54, 1.807) is 0 Å². The van der Waals surface area contributed by atoms with Crippen molar-refractivity contribution in [1.82, 2.24) is 9.21 Å². The summed E-state index contributed by atoms with van der Waals surface area (Å²) in [5.74, 6) is -2.94. The molecule has 2 heterocycles. The molecule has 2 aliphatic rings. The van der Waals surface area contributed by atoms with Gasteiger partial charge in [0.15, 0.2) is 11.5 Å². The Morgan fingerprint density at radius 1 is 1.17 bits per heavy atom. The van der Waals surface area contributed by atoms with Crippen molar-refractivity contribution in [3.63, 3.8) is 0 Å². The fourth-order valence-electron chi connectivity index (χ4n) is 2.71. The van der Waals surface area contributed by atoms with Gasteiger partial charge in [-0.15, -0.1) is 0 Å². The molecule has 0 radical (unpaired) electrons. The van der Waals surface area contributed by atoms with Crippen LogP contribution in [0.25, 0.3) is 0 Å². The number of hydrogen-bond donors (Lipinski definition) is 0. The van der Waals surface area contributed by atoms with Crippen molar-refractivity contribution in [1.29, 1.82) is 0 Å². The lowest BCUT2D eigenvalue weighted by molar-refractivity contribution is -0.127. The van der Waals surface area contributed by atoms with Crippen molar-refractivity contribution in [2.75, 3.05) is 19.7 Å². The fraction of sp³-hybridized carbons (Fsp3) is 0.385. The minimum atomic E-state index is -4.40. The number of ether oxygens (including phenoxy) is 1. The largest absolute Gasteiger partial charge is 0.439 e. The Labute approximate surface area is 130 Å². The molecule has 124 valence electrons. The van der Waals surface area contributed by atoms with Gasteiger partial charge in [-0.1, -0.05) is 6.07 Å². The van der Waals surface area contributed by atoms with E-state index in [4.69, 9.17) is 0 Å². The first-order chi connectivity index (χ1) is 10.8. The summed E-state index contributed by atoms with van der Waals surface area (Å²) in [6, 6.07) is 2.06. The van der Waals surface area contributed by atoms with Crippen LogP contribution in [0.2, 0.25) is 0 Å². The molecular formula is C13H12F2N2O5S. The number of cyclic esters (lactones) is 1. The Hall–Kier alpha value is -2.07. The Kier molecular flexibility index (Phi) is 3.80. The summed E-state index contributed by atoms with van der Waals surface area (Å²) in [6.45, 7) is -0.668. The summed E-state index contributed by atoms with van der Waals surface area (Å²) < 4.78 is 57.8. The lowest BCUT2D eigenvalue weighted by Gasteiger charge is -2.20. The van der Waals surface area contributed by atoms with Crippen LogP contribution < -0.4 is 0 Å². The summed E-state index contributed by atoms with van der Waals surface area (Å²) in [5.41, 5.74) is 0. The van der Waals surface area contributed by atoms with E-state index in [0.29, 0.717) is 0 Å². The first-order valence-corrected chi connectivity index (χ1v) is 8.19. The third-order valence-corrected chi connectivity index (χ3v) is 5.71. The maximum absolute atomic E-state index is 13.7. The predicted octanol–water partition coefficient (Wildman–Crippen LogP) is 0.707. The molecule has 0 spiro atoms. The number of hydrogen-bond acceptors (Lipinski definition) is 5. The molecule has 7 nitrogen and oxygen atoms in total. The molecule has 1 atom stereocenters. The van der Waals surface area contributed by atoms with Gasteiger partial charge in [-0.3, -0.25) is 4.79 Å². The van der Waals surface area contributed by atoms with Gasteiger partial charge in [0.2, 0.25) is 10.0 Å². The molecule has 23 heavy (non-hydrogen) atoms. The zero-order valence-electron chi connectivity index (χ0n) is 11.7. The van der Waals surface area contributed by atoms with E-state index in [2.05, 4.69) is 4.74 Å². The van der Waals surface area contributed by atoms with Gasteiger partial charge in [-0.2, -0.15) is 4.31 Å². The first-order valence-electron chi connectivity index (χ1n) is 6.75.